The van der Waals surface area contributed by atoms with Gasteiger partial charge < -0.3 is 14.8 Å². The van der Waals surface area contributed by atoms with Gasteiger partial charge in [0.05, 0.1) is 32.4 Å². The largest absolute Gasteiger partial charge is 0.493 e. The molecule has 1 aromatic carbocycles. The predicted octanol–water partition coefficient (Wildman–Crippen LogP) is 2.58. The van der Waals surface area contributed by atoms with E-state index >= 15 is 0 Å². The topological polar surface area (TPSA) is 67.2 Å². The van der Waals surface area contributed by atoms with Crippen molar-refractivity contribution in [3.63, 3.8) is 0 Å². The van der Waals surface area contributed by atoms with Crippen LogP contribution in [0, 0.1) is 11.3 Å². The maximum Gasteiger partial charge on any atom is 0.184 e. The fourth-order valence-electron chi connectivity index (χ4n) is 1.82. The van der Waals surface area contributed by atoms with E-state index in [2.05, 4.69) is 16.4 Å². The van der Waals surface area contributed by atoms with Crippen molar-refractivity contribution in [2.75, 3.05) is 19.5 Å². The molecule has 0 aliphatic rings. The summed E-state index contributed by atoms with van der Waals surface area (Å²) < 4.78 is 10.6. The van der Waals surface area contributed by atoms with Gasteiger partial charge in [-0.25, -0.2) is 0 Å². The number of nitriles is 1. The molecule has 20 heavy (non-hydrogen) atoms. The smallest absolute Gasteiger partial charge is 0.184 e. The van der Waals surface area contributed by atoms with Crippen molar-refractivity contribution in [2.45, 2.75) is 6.54 Å². The average molecular weight is 269 g/mol. The second-order valence-electron chi connectivity index (χ2n) is 4.04. The van der Waals surface area contributed by atoms with Gasteiger partial charge in [0.25, 0.3) is 0 Å². The number of pyridine rings is 1. The summed E-state index contributed by atoms with van der Waals surface area (Å²) in [5, 5.41) is 12.0. The molecule has 2 aromatic rings. The highest BCUT2D eigenvalue weighted by Gasteiger charge is 2.10. The molecule has 102 valence electrons. The van der Waals surface area contributed by atoms with Crippen LogP contribution >= 0.6 is 0 Å². The molecule has 5 heteroatoms. The van der Waals surface area contributed by atoms with Crippen LogP contribution in [0.25, 0.3) is 0 Å². The molecule has 0 amide bonds. The minimum absolute atomic E-state index is 0.506. The summed E-state index contributed by atoms with van der Waals surface area (Å²) >= 11 is 0. The van der Waals surface area contributed by atoms with E-state index in [1.54, 1.807) is 38.6 Å². The van der Waals surface area contributed by atoms with Crippen LogP contribution in [0.5, 0.6) is 11.5 Å². The Morgan fingerprint density at radius 1 is 1.15 bits per heavy atom. The second-order valence-corrected chi connectivity index (χ2v) is 4.04. The summed E-state index contributed by atoms with van der Waals surface area (Å²) in [5.74, 6) is 1.27. The number of rotatable bonds is 5. The molecule has 0 atom stereocenters. The summed E-state index contributed by atoms with van der Waals surface area (Å²) in [4.78, 5) is 4.29. The highest BCUT2D eigenvalue weighted by molar-refractivity contribution is 5.49. The van der Waals surface area contributed by atoms with E-state index in [0.29, 0.717) is 23.6 Å². The molecule has 0 aliphatic carbocycles. The van der Waals surface area contributed by atoms with Crippen LogP contribution in [0.4, 0.5) is 5.69 Å². The molecule has 0 fully saturated rings. The van der Waals surface area contributed by atoms with E-state index < -0.39 is 0 Å². The van der Waals surface area contributed by atoms with E-state index in [1.165, 1.54) is 0 Å². The van der Waals surface area contributed by atoms with Crippen molar-refractivity contribution in [1.29, 1.82) is 5.26 Å². The summed E-state index contributed by atoms with van der Waals surface area (Å²) in [6.07, 6.45) is 1.68. The van der Waals surface area contributed by atoms with Crippen molar-refractivity contribution >= 4 is 5.69 Å². The van der Waals surface area contributed by atoms with Gasteiger partial charge in [-0.15, -0.1) is 0 Å². The van der Waals surface area contributed by atoms with Gasteiger partial charge >= 0.3 is 0 Å². The first kappa shape index (κ1) is 13.7. The van der Waals surface area contributed by atoms with E-state index in [4.69, 9.17) is 14.7 Å². The van der Waals surface area contributed by atoms with Crippen LogP contribution in [0.2, 0.25) is 0 Å². The number of nitrogens with zero attached hydrogens (tertiary/aromatic N) is 2. The normalized spacial score (nSPS) is 9.65. The molecule has 0 spiro atoms. The lowest BCUT2D eigenvalue weighted by Gasteiger charge is -2.12. The molecule has 1 N–H and O–H groups in total. The van der Waals surface area contributed by atoms with Gasteiger partial charge in [-0.1, -0.05) is 0 Å². The maximum absolute atomic E-state index is 8.75. The average Bonchev–Trinajstić information content (AvgIpc) is 2.52. The molecule has 0 saturated carbocycles. The Morgan fingerprint density at radius 3 is 2.50 bits per heavy atom. The minimum atomic E-state index is 0.506. The highest BCUT2D eigenvalue weighted by Crippen LogP contribution is 2.29. The van der Waals surface area contributed by atoms with Gasteiger partial charge in [0, 0.05) is 18.0 Å². The molecule has 5 nitrogen and oxygen atoms in total. The monoisotopic (exact) mass is 269 g/mol. The van der Waals surface area contributed by atoms with Gasteiger partial charge in [0.2, 0.25) is 0 Å². The first-order valence-electron chi connectivity index (χ1n) is 6.08. The summed E-state index contributed by atoms with van der Waals surface area (Å²) in [5.41, 5.74) is 2.31. The SMILES string of the molecule is COc1ccnc(CNc2ccc(C#N)cc2)c1OC. The Hall–Kier alpha value is -2.74. The van der Waals surface area contributed by atoms with Crippen LogP contribution < -0.4 is 14.8 Å². The lowest BCUT2D eigenvalue weighted by atomic mass is 10.2. The van der Waals surface area contributed by atoms with Gasteiger partial charge in [0.15, 0.2) is 11.5 Å². The minimum Gasteiger partial charge on any atom is -0.493 e. The fraction of sp³-hybridized carbons (Fsp3) is 0.200. The first-order valence-corrected chi connectivity index (χ1v) is 6.08. The van der Waals surface area contributed by atoms with Crippen LogP contribution in [0.15, 0.2) is 36.5 Å². The van der Waals surface area contributed by atoms with Gasteiger partial charge in [-0.05, 0) is 24.3 Å². The highest BCUT2D eigenvalue weighted by atomic mass is 16.5. The van der Waals surface area contributed by atoms with Crippen molar-refractivity contribution in [1.82, 2.24) is 4.98 Å². The van der Waals surface area contributed by atoms with Crippen LogP contribution in [0.1, 0.15) is 11.3 Å². The lowest BCUT2D eigenvalue weighted by Crippen LogP contribution is -2.05. The number of hydrogen-bond acceptors (Lipinski definition) is 5. The Bertz CT molecular complexity index is 618. The third-order valence-corrected chi connectivity index (χ3v) is 2.84. The third-order valence-electron chi connectivity index (χ3n) is 2.84. The van der Waals surface area contributed by atoms with E-state index in [-0.39, 0.29) is 0 Å². The van der Waals surface area contributed by atoms with E-state index in [9.17, 15) is 0 Å². The van der Waals surface area contributed by atoms with Crippen molar-refractivity contribution in [3.8, 4) is 17.6 Å². The Balaban J connectivity index is 2.12. The third kappa shape index (κ3) is 2.98. The first-order chi connectivity index (χ1) is 9.78. The van der Waals surface area contributed by atoms with E-state index in [1.807, 2.05) is 12.1 Å². The van der Waals surface area contributed by atoms with E-state index in [0.717, 1.165) is 11.4 Å². The molecule has 1 aromatic heterocycles. The number of methoxy groups -OCH3 is 2. The number of ether oxygens (including phenoxy) is 2. The quantitative estimate of drug-likeness (QED) is 0.903. The maximum atomic E-state index is 8.75. The van der Waals surface area contributed by atoms with Gasteiger partial charge in [-0.2, -0.15) is 5.26 Å². The molecule has 0 bridgehead atoms. The molecule has 0 radical (unpaired) electrons. The number of hydrogen-bond donors (Lipinski definition) is 1. The molecular weight excluding hydrogens is 254 g/mol. The number of nitrogens with one attached hydrogen (secondary N) is 1. The standard InChI is InChI=1S/C15H15N3O2/c1-19-14-7-8-17-13(15(14)20-2)10-18-12-5-3-11(9-16)4-6-12/h3-8,18H,10H2,1-2H3. The zero-order valence-corrected chi connectivity index (χ0v) is 11.4. The van der Waals surface area contributed by atoms with Crippen molar-refractivity contribution in [2.24, 2.45) is 0 Å². The van der Waals surface area contributed by atoms with Crippen molar-refractivity contribution in [3.05, 3.63) is 47.8 Å². The lowest BCUT2D eigenvalue weighted by molar-refractivity contribution is 0.350. The molecule has 0 aliphatic heterocycles. The molecule has 1 heterocycles. The number of anilines is 1. The van der Waals surface area contributed by atoms with Crippen molar-refractivity contribution < 1.29 is 9.47 Å². The second kappa shape index (κ2) is 6.43. The number of benzene rings is 1. The van der Waals surface area contributed by atoms with Gasteiger partial charge in [-0.3, -0.25) is 4.98 Å². The summed E-state index contributed by atoms with van der Waals surface area (Å²) in [6, 6.07) is 11.1. The van der Waals surface area contributed by atoms with Crippen LogP contribution in [-0.2, 0) is 6.54 Å². The fourth-order valence-corrected chi connectivity index (χ4v) is 1.82. The predicted molar refractivity (Wildman–Crippen MR) is 75.8 cm³/mol. The van der Waals surface area contributed by atoms with Crippen LogP contribution in [-0.4, -0.2) is 19.2 Å². The molecule has 0 saturated heterocycles. The Morgan fingerprint density at radius 2 is 1.90 bits per heavy atom. The van der Waals surface area contributed by atoms with Crippen LogP contribution in [0.3, 0.4) is 0 Å². The molecule has 0 unspecified atom stereocenters. The molecular formula is C15H15N3O2. The Kier molecular flexibility index (Phi) is 4.40. The summed E-state index contributed by atoms with van der Waals surface area (Å²) in [7, 11) is 3.18. The number of aromatic nitrogens is 1. The zero-order chi connectivity index (χ0) is 14.4. The molecule has 2 rings (SSSR count). The zero-order valence-electron chi connectivity index (χ0n) is 11.4. The van der Waals surface area contributed by atoms with Gasteiger partial charge in [0.1, 0.15) is 5.69 Å². The summed E-state index contributed by atoms with van der Waals surface area (Å²) in [6.45, 7) is 0.506. The Labute approximate surface area is 117 Å².